The summed E-state index contributed by atoms with van der Waals surface area (Å²) in [6.07, 6.45) is 1.05. The number of likely N-dealkylation sites (N-methyl/N-ethyl adjacent to an activating group) is 1. The van der Waals surface area contributed by atoms with Crippen molar-refractivity contribution in [1.29, 1.82) is 0 Å². The highest BCUT2D eigenvalue weighted by Crippen LogP contribution is 2.26. The quantitative estimate of drug-likeness (QED) is 0.298. The molecule has 174 valence electrons. The van der Waals surface area contributed by atoms with E-state index >= 15 is 0 Å². The fraction of sp³-hybridized carbons (Fsp3) is 0.300. The third-order valence-electron chi connectivity index (χ3n) is 5.03. The zero-order chi connectivity index (χ0) is 24.1. The molecular weight excluding hydrogens is 434 g/mol. The summed E-state index contributed by atoms with van der Waals surface area (Å²) >= 11 is 0. The second kappa shape index (κ2) is 9.80. The average Bonchev–Trinajstić information content (AvgIpc) is 2.75. The number of nitrogen functional groups attached to an aromatic ring is 1. The summed E-state index contributed by atoms with van der Waals surface area (Å²) in [5.74, 6) is -2.84. The van der Waals surface area contributed by atoms with Crippen LogP contribution in [0.2, 0.25) is 0 Å². The number of nitrogens with one attached hydrogen (secondary N) is 3. The van der Waals surface area contributed by atoms with Crippen molar-refractivity contribution in [1.82, 2.24) is 15.3 Å². The number of carboxylic acid groups (broad SMARTS) is 2. The van der Waals surface area contributed by atoms with E-state index in [0.717, 1.165) is 0 Å². The summed E-state index contributed by atoms with van der Waals surface area (Å²) in [6.45, 7) is 0.394. The molecule has 3 rings (SSSR count). The number of hydrogen-bond donors (Lipinski definition) is 6. The maximum Gasteiger partial charge on any atom is 0.326 e. The van der Waals surface area contributed by atoms with Gasteiger partial charge in [-0.05, 0) is 30.7 Å². The molecule has 1 aromatic carbocycles. The van der Waals surface area contributed by atoms with E-state index in [1.165, 1.54) is 12.1 Å². The Kier molecular flexibility index (Phi) is 6.91. The molecule has 0 radical (unpaired) electrons. The van der Waals surface area contributed by atoms with Crippen LogP contribution < -0.4 is 26.8 Å². The highest BCUT2D eigenvalue weighted by molar-refractivity contribution is 5.97. The summed E-state index contributed by atoms with van der Waals surface area (Å²) in [5, 5.41) is 23.4. The van der Waals surface area contributed by atoms with Crippen molar-refractivity contribution in [3.8, 4) is 0 Å². The average molecular weight is 457 g/mol. The Hall–Kier alpha value is -4.42. The predicted octanol–water partition coefficient (Wildman–Crippen LogP) is 0.0327. The third kappa shape index (κ3) is 5.64. The first-order valence-corrected chi connectivity index (χ1v) is 9.92. The Bertz CT molecular complexity index is 1140. The second-order valence-electron chi connectivity index (χ2n) is 7.33. The number of benzene rings is 1. The van der Waals surface area contributed by atoms with Gasteiger partial charge in [-0.25, -0.2) is 9.79 Å². The van der Waals surface area contributed by atoms with E-state index in [-0.39, 0.29) is 41.8 Å². The van der Waals surface area contributed by atoms with Crippen LogP contribution in [0.1, 0.15) is 23.2 Å². The van der Waals surface area contributed by atoms with E-state index in [1.807, 2.05) is 0 Å². The molecule has 2 atom stereocenters. The van der Waals surface area contributed by atoms with Crippen LogP contribution in [0.5, 0.6) is 0 Å². The number of carbonyl (C=O) groups excluding carboxylic acids is 1. The van der Waals surface area contributed by atoms with Crippen molar-refractivity contribution in [2.45, 2.75) is 24.9 Å². The van der Waals surface area contributed by atoms with E-state index in [2.05, 4.69) is 25.6 Å². The van der Waals surface area contributed by atoms with Gasteiger partial charge < -0.3 is 31.5 Å². The number of carboxylic acids is 2. The van der Waals surface area contributed by atoms with Crippen molar-refractivity contribution in [3.63, 3.8) is 0 Å². The first-order chi connectivity index (χ1) is 15.7. The van der Waals surface area contributed by atoms with Crippen LogP contribution >= 0.6 is 0 Å². The molecule has 0 saturated carbocycles. The molecule has 13 heteroatoms. The van der Waals surface area contributed by atoms with Crippen molar-refractivity contribution in [2.75, 3.05) is 29.5 Å². The number of aromatic nitrogens is 2. The SMILES string of the molecule is CN1c2c(nc(N)[nH]c2=O)N=C[C@@H]1CNc1ccc(C(=O)NC(CCC(=O)O)C(=O)O)cc1. The number of anilines is 3. The molecular formula is C20H23N7O6. The van der Waals surface area contributed by atoms with Gasteiger partial charge in [0.15, 0.2) is 5.82 Å². The van der Waals surface area contributed by atoms with Gasteiger partial charge in [0.25, 0.3) is 11.5 Å². The minimum Gasteiger partial charge on any atom is -0.481 e. The Balaban J connectivity index is 1.60. The molecule has 2 aromatic rings. The number of aromatic amines is 1. The lowest BCUT2D eigenvalue weighted by atomic mass is 10.1. The molecule has 1 aliphatic rings. The first kappa shape index (κ1) is 23.2. The molecule has 13 nitrogen and oxygen atoms in total. The molecule has 33 heavy (non-hydrogen) atoms. The topological polar surface area (TPSA) is 203 Å². The summed E-state index contributed by atoms with van der Waals surface area (Å²) in [4.78, 5) is 58.8. The highest BCUT2D eigenvalue weighted by Gasteiger charge is 2.25. The summed E-state index contributed by atoms with van der Waals surface area (Å²) < 4.78 is 0. The Morgan fingerprint density at radius 3 is 2.58 bits per heavy atom. The molecule has 1 unspecified atom stereocenters. The molecule has 2 heterocycles. The van der Waals surface area contributed by atoms with Gasteiger partial charge in [0.1, 0.15) is 11.7 Å². The van der Waals surface area contributed by atoms with Crippen LogP contribution in [0.25, 0.3) is 0 Å². The molecule has 1 amide bonds. The number of nitrogens with two attached hydrogens (primary N) is 1. The summed E-state index contributed by atoms with van der Waals surface area (Å²) in [5.41, 5.74) is 6.37. The lowest BCUT2D eigenvalue weighted by Crippen LogP contribution is -2.43. The molecule has 1 aromatic heterocycles. The Morgan fingerprint density at radius 2 is 1.94 bits per heavy atom. The van der Waals surface area contributed by atoms with Gasteiger partial charge in [0.2, 0.25) is 5.95 Å². The molecule has 0 saturated heterocycles. The van der Waals surface area contributed by atoms with E-state index in [1.54, 1.807) is 30.3 Å². The molecule has 7 N–H and O–H groups in total. The van der Waals surface area contributed by atoms with Crippen LogP contribution in [-0.4, -0.2) is 69.9 Å². The van der Waals surface area contributed by atoms with E-state index < -0.39 is 23.9 Å². The fourth-order valence-electron chi connectivity index (χ4n) is 3.22. The summed E-state index contributed by atoms with van der Waals surface area (Å²) in [7, 11) is 1.74. The van der Waals surface area contributed by atoms with Crippen molar-refractivity contribution in [3.05, 3.63) is 40.2 Å². The lowest BCUT2D eigenvalue weighted by molar-refractivity contribution is -0.140. The number of fused-ring (bicyclic) bond motifs is 1. The zero-order valence-corrected chi connectivity index (χ0v) is 17.6. The van der Waals surface area contributed by atoms with E-state index in [4.69, 9.17) is 15.9 Å². The largest absolute Gasteiger partial charge is 0.481 e. The normalized spacial score (nSPS) is 15.4. The third-order valence-corrected chi connectivity index (χ3v) is 5.03. The number of carbonyl (C=O) groups is 3. The van der Waals surface area contributed by atoms with Gasteiger partial charge >= 0.3 is 11.9 Å². The molecule has 0 bridgehead atoms. The van der Waals surface area contributed by atoms with Gasteiger partial charge in [0.05, 0.1) is 6.04 Å². The maximum atomic E-state index is 12.3. The monoisotopic (exact) mass is 457 g/mol. The number of rotatable bonds is 9. The van der Waals surface area contributed by atoms with Crippen LogP contribution in [-0.2, 0) is 9.59 Å². The number of amides is 1. The molecule has 0 fully saturated rings. The lowest BCUT2D eigenvalue weighted by Gasteiger charge is -2.30. The standard InChI is InChI=1S/C20H23N7O6/c1-27-12(9-23-16-15(27)18(31)26-20(21)25-16)8-22-11-4-2-10(3-5-11)17(30)24-13(19(32)33)6-7-14(28)29/h2-5,9,12-13,22H,6-8H2,1H3,(H,24,30)(H,28,29)(H,32,33)(H3,21,25,26,31)/t12-,13?/m0/s1. The van der Waals surface area contributed by atoms with Crippen molar-refractivity contribution >= 4 is 47.2 Å². The minimum absolute atomic E-state index is 0.0124. The predicted molar refractivity (Wildman–Crippen MR) is 120 cm³/mol. The smallest absolute Gasteiger partial charge is 0.326 e. The number of aliphatic imine (C=N–C) groups is 1. The zero-order valence-electron chi connectivity index (χ0n) is 17.6. The minimum atomic E-state index is -1.31. The van der Waals surface area contributed by atoms with Gasteiger partial charge in [-0.15, -0.1) is 0 Å². The van der Waals surface area contributed by atoms with Gasteiger partial charge in [-0.2, -0.15) is 4.98 Å². The van der Waals surface area contributed by atoms with Crippen LogP contribution in [0.15, 0.2) is 34.1 Å². The van der Waals surface area contributed by atoms with Crippen LogP contribution in [0.3, 0.4) is 0 Å². The van der Waals surface area contributed by atoms with Gasteiger partial charge in [0, 0.05) is 37.5 Å². The van der Waals surface area contributed by atoms with Gasteiger partial charge in [-0.1, -0.05) is 0 Å². The Morgan fingerprint density at radius 1 is 1.24 bits per heavy atom. The van der Waals surface area contributed by atoms with E-state index in [0.29, 0.717) is 17.9 Å². The summed E-state index contributed by atoms with van der Waals surface area (Å²) in [6, 6.07) is 4.76. The van der Waals surface area contributed by atoms with Crippen LogP contribution in [0.4, 0.5) is 23.1 Å². The fourth-order valence-corrected chi connectivity index (χ4v) is 3.22. The van der Waals surface area contributed by atoms with Crippen molar-refractivity contribution in [2.24, 2.45) is 4.99 Å². The van der Waals surface area contributed by atoms with E-state index in [9.17, 15) is 19.2 Å². The molecule has 1 aliphatic heterocycles. The Labute approximate surface area is 187 Å². The van der Waals surface area contributed by atoms with Crippen LogP contribution in [0, 0.1) is 0 Å². The number of nitrogens with zero attached hydrogens (tertiary/aromatic N) is 3. The second-order valence-corrected chi connectivity index (χ2v) is 7.33. The molecule has 0 aliphatic carbocycles. The van der Waals surface area contributed by atoms with Crippen molar-refractivity contribution < 1.29 is 24.6 Å². The molecule has 0 spiro atoms. The first-order valence-electron chi connectivity index (χ1n) is 9.92. The number of hydrogen-bond acceptors (Lipinski definition) is 9. The maximum absolute atomic E-state index is 12.3. The van der Waals surface area contributed by atoms with Gasteiger partial charge in [-0.3, -0.25) is 19.4 Å². The highest BCUT2D eigenvalue weighted by atomic mass is 16.4. The number of aliphatic carboxylic acids is 2. The number of H-pyrrole nitrogens is 1.